The van der Waals surface area contributed by atoms with E-state index in [0.717, 1.165) is 24.1 Å². The van der Waals surface area contributed by atoms with E-state index in [4.69, 9.17) is 0 Å². The minimum Gasteiger partial charge on any atom is -0.344 e. The Labute approximate surface area is 149 Å². The summed E-state index contributed by atoms with van der Waals surface area (Å²) >= 11 is 0. The van der Waals surface area contributed by atoms with Gasteiger partial charge in [-0.05, 0) is 20.3 Å². The van der Waals surface area contributed by atoms with Crippen molar-refractivity contribution in [2.24, 2.45) is 0 Å². The van der Waals surface area contributed by atoms with Crippen molar-refractivity contribution in [2.45, 2.75) is 97.8 Å². The lowest BCUT2D eigenvalue weighted by Crippen LogP contribution is -2.22. The molecule has 0 unspecified atom stereocenters. The van der Waals surface area contributed by atoms with E-state index < -0.39 is 0 Å². The van der Waals surface area contributed by atoms with E-state index in [2.05, 4.69) is 33.8 Å². The summed E-state index contributed by atoms with van der Waals surface area (Å²) in [6.07, 6.45) is 16.6. The summed E-state index contributed by atoms with van der Waals surface area (Å²) in [4.78, 5) is 15.2. The van der Waals surface area contributed by atoms with Crippen LogP contribution in [0.4, 0.5) is 5.95 Å². The first-order chi connectivity index (χ1) is 11.6. The van der Waals surface area contributed by atoms with Crippen LogP contribution in [0.3, 0.4) is 0 Å². The third kappa shape index (κ3) is 9.84. The Morgan fingerprint density at radius 2 is 1.04 bits per heavy atom. The molecule has 0 N–H and O–H groups in total. The van der Waals surface area contributed by atoms with Crippen molar-refractivity contribution in [1.29, 1.82) is 0 Å². The predicted molar refractivity (Wildman–Crippen MR) is 104 cm³/mol. The molecule has 0 saturated carbocycles. The lowest BCUT2D eigenvalue weighted by atomic mass is 10.1. The van der Waals surface area contributed by atoms with Crippen LogP contribution in [-0.2, 0) is 0 Å². The molecule has 4 heteroatoms. The molecule has 0 spiro atoms. The molecule has 0 aromatic carbocycles. The summed E-state index contributed by atoms with van der Waals surface area (Å²) < 4.78 is 0. The third-order valence-corrected chi connectivity index (χ3v) is 4.54. The highest BCUT2D eigenvalue weighted by Crippen LogP contribution is 2.13. The van der Waals surface area contributed by atoms with Crippen molar-refractivity contribution in [1.82, 2.24) is 15.0 Å². The van der Waals surface area contributed by atoms with E-state index in [1.807, 2.05) is 13.8 Å². The molecule has 0 aliphatic rings. The topological polar surface area (TPSA) is 41.9 Å². The van der Waals surface area contributed by atoms with Crippen molar-refractivity contribution in [2.75, 3.05) is 18.5 Å². The zero-order valence-electron chi connectivity index (χ0n) is 16.5. The maximum atomic E-state index is 4.41. The third-order valence-electron chi connectivity index (χ3n) is 4.54. The van der Waals surface area contributed by atoms with Gasteiger partial charge in [0.25, 0.3) is 0 Å². The summed E-state index contributed by atoms with van der Waals surface area (Å²) in [5, 5.41) is 0. The fraction of sp³-hybridized carbons (Fsp3) is 0.850. The largest absolute Gasteiger partial charge is 0.344 e. The fourth-order valence-corrected chi connectivity index (χ4v) is 3.06. The number of aryl methyl sites for hydroxylation is 2. The molecule has 0 aliphatic heterocycles. The molecule has 0 fully saturated rings. The summed E-state index contributed by atoms with van der Waals surface area (Å²) in [6.45, 7) is 7.16. The Morgan fingerprint density at radius 1 is 0.625 bits per heavy atom. The number of anilines is 1. The average molecular weight is 335 g/mol. The Morgan fingerprint density at radius 3 is 1.50 bits per heavy atom. The Hall–Kier alpha value is -1.19. The second-order valence-electron chi connectivity index (χ2n) is 7.04. The number of rotatable bonds is 14. The lowest BCUT2D eigenvalue weighted by Gasteiger charge is -2.17. The molecule has 4 nitrogen and oxygen atoms in total. The Bertz CT molecular complexity index is 413. The lowest BCUT2D eigenvalue weighted by molar-refractivity contribution is 0.543. The van der Waals surface area contributed by atoms with Crippen molar-refractivity contribution in [3.63, 3.8) is 0 Å². The molecule has 0 atom stereocenters. The molecule has 0 radical (unpaired) electrons. The van der Waals surface area contributed by atoms with E-state index in [-0.39, 0.29) is 0 Å². The van der Waals surface area contributed by atoms with Gasteiger partial charge in [-0.15, -0.1) is 0 Å². The van der Waals surface area contributed by atoms with Crippen molar-refractivity contribution in [3.05, 3.63) is 11.6 Å². The molecule has 0 saturated heterocycles. The van der Waals surface area contributed by atoms with E-state index in [1.54, 1.807) is 0 Å². The van der Waals surface area contributed by atoms with Gasteiger partial charge in [0, 0.05) is 13.6 Å². The van der Waals surface area contributed by atoms with Gasteiger partial charge < -0.3 is 4.90 Å². The van der Waals surface area contributed by atoms with Crippen molar-refractivity contribution in [3.8, 4) is 0 Å². The number of hydrogen-bond donors (Lipinski definition) is 0. The average Bonchev–Trinajstić information content (AvgIpc) is 2.54. The van der Waals surface area contributed by atoms with Gasteiger partial charge in [-0.3, -0.25) is 0 Å². The van der Waals surface area contributed by atoms with Gasteiger partial charge in [0.1, 0.15) is 11.6 Å². The first-order valence-electron chi connectivity index (χ1n) is 10.0. The van der Waals surface area contributed by atoms with Crippen LogP contribution < -0.4 is 4.90 Å². The van der Waals surface area contributed by atoms with Gasteiger partial charge in [-0.25, -0.2) is 4.98 Å². The van der Waals surface area contributed by atoms with Crippen LogP contribution in [0.1, 0.15) is 95.6 Å². The van der Waals surface area contributed by atoms with Gasteiger partial charge in [0.05, 0.1) is 0 Å². The quantitative estimate of drug-likeness (QED) is 0.414. The summed E-state index contributed by atoms with van der Waals surface area (Å²) in [5.74, 6) is 2.42. The molecule has 0 bridgehead atoms. The Balaban J connectivity index is 1.96. The van der Waals surface area contributed by atoms with E-state index in [0.29, 0.717) is 0 Å². The standard InChI is InChI=1S/C20H38N4/c1-5-6-7-8-9-10-11-12-13-14-15-16-17-24(4)20-22-18(2)21-19(3)23-20/h5-17H2,1-4H3. The Kier molecular flexibility index (Phi) is 11.4. The van der Waals surface area contributed by atoms with Crippen LogP contribution >= 0.6 is 0 Å². The molecule has 1 aromatic heterocycles. The highest BCUT2D eigenvalue weighted by Gasteiger charge is 2.06. The molecule has 1 aromatic rings. The van der Waals surface area contributed by atoms with Gasteiger partial charge >= 0.3 is 0 Å². The van der Waals surface area contributed by atoms with Crippen molar-refractivity contribution >= 4 is 5.95 Å². The number of nitrogens with zero attached hydrogens (tertiary/aromatic N) is 4. The van der Waals surface area contributed by atoms with Crippen LogP contribution in [0.2, 0.25) is 0 Å². The fourth-order valence-electron chi connectivity index (χ4n) is 3.06. The van der Waals surface area contributed by atoms with Gasteiger partial charge in [-0.1, -0.05) is 77.6 Å². The molecule has 24 heavy (non-hydrogen) atoms. The molecule has 138 valence electrons. The minimum absolute atomic E-state index is 0.805. The number of unbranched alkanes of at least 4 members (excludes halogenated alkanes) is 11. The maximum absolute atomic E-state index is 4.41. The maximum Gasteiger partial charge on any atom is 0.228 e. The van der Waals surface area contributed by atoms with Crippen LogP contribution in [0, 0.1) is 13.8 Å². The van der Waals surface area contributed by atoms with Crippen LogP contribution in [-0.4, -0.2) is 28.5 Å². The van der Waals surface area contributed by atoms with Gasteiger partial charge in [0.2, 0.25) is 5.95 Å². The normalized spacial score (nSPS) is 11.0. The van der Waals surface area contributed by atoms with E-state index >= 15 is 0 Å². The monoisotopic (exact) mass is 334 g/mol. The minimum atomic E-state index is 0.805. The molecule has 0 aliphatic carbocycles. The molecule has 0 amide bonds. The number of hydrogen-bond acceptors (Lipinski definition) is 4. The van der Waals surface area contributed by atoms with E-state index in [1.165, 1.54) is 77.0 Å². The zero-order valence-corrected chi connectivity index (χ0v) is 16.5. The predicted octanol–water partition coefficient (Wildman–Crippen LogP) is 5.63. The summed E-state index contributed by atoms with van der Waals surface area (Å²) in [6, 6.07) is 0. The first-order valence-corrected chi connectivity index (χ1v) is 10.0. The highest BCUT2D eigenvalue weighted by molar-refractivity contribution is 5.27. The van der Waals surface area contributed by atoms with Gasteiger partial charge in [0.15, 0.2) is 0 Å². The second kappa shape index (κ2) is 13.1. The molecule has 1 heterocycles. The molecule has 1 rings (SSSR count). The zero-order chi connectivity index (χ0) is 17.6. The smallest absolute Gasteiger partial charge is 0.228 e. The first kappa shape index (κ1) is 20.9. The molecular formula is C20H38N4. The van der Waals surface area contributed by atoms with Crippen LogP contribution in [0.15, 0.2) is 0 Å². The summed E-state index contributed by atoms with van der Waals surface area (Å²) in [7, 11) is 2.08. The second-order valence-corrected chi connectivity index (χ2v) is 7.04. The summed E-state index contributed by atoms with van der Waals surface area (Å²) in [5.41, 5.74) is 0. The van der Waals surface area contributed by atoms with Gasteiger partial charge in [-0.2, -0.15) is 9.97 Å². The molecular weight excluding hydrogens is 296 g/mol. The SMILES string of the molecule is CCCCCCCCCCCCCCN(C)c1nc(C)nc(C)n1. The number of aromatic nitrogens is 3. The highest BCUT2D eigenvalue weighted by atomic mass is 15.3. The van der Waals surface area contributed by atoms with E-state index in [9.17, 15) is 0 Å². The van der Waals surface area contributed by atoms with Crippen LogP contribution in [0.25, 0.3) is 0 Å². The van der Waals surface area contributed by atoms with Crippen LogP contribution in [0.5, 0.6) is 0 Å². The van der Waals surface area contributed by atoms with Crippen molar-refractivity contribution < 1.29 is 0 Å².